The lowest BCUT2D eigenvalue weighted by Crippen LogP contribution is -2.47. The van der Waals surface area contributed by atoms with E-state index in [0.717, 1.165) is 13.1 Å². The Bertz CT molecular complexity index is 520. The maximum absolute atomic E-state index is 11.7. The number of carbonyl (C=O) groups excluding carboxylic acids is 1. The summed E-state index contributed by atoms with van der Waals surface area (Å²) in [5.41, 5.74) is 1.46. The Kier molecular flexibility index (Phi) is 3.82. The minimum Gasteiger partial charge on any atom is -0.353 e. The van der Waals surface area contributed by atoms with Gasteiger partial charge >= 0.3 is 0 Å². The molecule has 2 atom stereocenters. The van der Waals surface area contributed by atoms with Crippen molar-refractivity contribution >= 4 is 5.91 Å². The Morgan fingerprint density at radius 3 is 2.81 bits per heavy atom. The van der Waals surface area contributed by atoms with E-state index in [-0.39, 0.29) is 17.4 Å². The molecule has 0 saturated carbocycles. The molecule has 3 heterocycles. The molecule has 2 fully saturated rings. The lowest BCUT2D eigenvalue weighted by molar-refractivity contribution is -0.119. The molecule has 2 saturated heterocycles. The van der Waals surface area contributed by atoms with Crippen LogP contribution in [0.25, 0.3) is 0 Å². The van der Waals surface area contributed by atoms with Gasteiger partial charge in [-0.15, -0.1) is 0 Å². The van der Waals surface area contributed by atoms with Gasteiger partial charge in [0.05, 0.1) is 6.04 Å². The second-order valence-electron chi connectivity index (χ2n) is 7.34. The summed E-state index contributed by atoms with van der Waals surface area (Å²) in [6, 6.07) is 5.13. The second-order valence-corrected chi connectivity index (χ2v) is 7.34. The number of nitrogens with zero attached hydrogens (tertiary/aromatic N) is 2. The topological polar surface area (TPSA) is 37.3 Å². The molecule has 0 spiro atoms. The van der Waals surface area contributed by atoms with Crippen molar-refractivity contribution in [3.8, 4) is 0 Å². The highest BCUT2D eigenvalue weighted by atomic mass is 16.2. The Labute approximate surface area is 127 Å². The standard InChI is InChI=1S/C17H27N3O/c1-17(2)11-16(21)18-15(17)12-20-10-5-4-7-14(20)13-8-6-9-19(13)3/h6,8-9,14-15H,4-5,7,10-12H2,1-3H3,(H,18,21). The number of rotatable bonds is 3. The highest BCUT2D eigenvalue weighted by molar-refractivity contribution is 5.79. The fourth-order valence-corrected chi connectivity index (χ4v) is 3.87. The van der Waals surface area contributed by atoms with E-state index >= 15 is 0 Å². The summed E-state index contributed by atoms with van der Waals surface area (Å²) in [7, 11) is 2.13. The monoisotopic (exact) mass is 289 g/mol. The third-order valence-electron chi connectivity index (χ3n) is 5.25. The first-order valence-corrected chi connectivity index (χ1v) is 8.12. The molecule has 2 unspecified atom stereocenters. The predicted octanol–water partition coefficient (Wildman–Crippen LogP) is 2.47. The van der Waals surface area contributed by atoms with Crippen LogP contribution in [-0.2, 0) is 11.8 Å². The van der Waals surface area contributed by atoms with Crippen LogP contribution in [0, 0.1) is 5.41 Å². The van der Waals surface area contributed by atoms with Crippen LogP contribution in [0.3, 0.4) is 0 Å². The average Bonchev–Trinajstić information content (AvgIpc) is 2.94. The fourth-order valence-electron chi connectivity index (χ4n) is 3.87. The van der Waals surface area contributed by atoms with Crippen LogP contribution in [0.4, 0.5) is 0 Å². The van der Waals surface area contributed by atoms with E-state index in [4.69, 9.17) is 0 Å². The van der Waals surface area contributed by atoms with Gasteiger partial charge in [0.15, 0.2) is 0 Å². The molecule has 2 aliphatic heterocycles. The number of aromatic nitrogens is 1. The SMILES string of the molecule is Cn1cccc1C1CCCCN1CC1NC(=O)CC1(C)C. The number of aryl methyl sites for hydroxylation is 1. The van der Waals surface area contributed by atoms with Crippen molar-refractivity contribution in [3.05, 3.63) is 24.0 Å². The maximum Gasteiger partial charge on any atom is 0.220 e. The molecule has 4 nitrogen and oxygen atoms in total. The molecule has 0 radical (unpaired) electrons. The van der Waals surface area contributed by atoms with Gasteiger partial charge in [-0.1, -0.05) is 20.3 Å². The lowest BCUT2D eigenvalue weighted by atomic mass is 9.84. The predicted molar refractivity (Wildman–Crippen MR) is 83.9 cm³/mol. The van der Waals surface area contributed by atoms with Gasteiger partial charge in [-0.2, -0.15) is 0 Å². The largest absolute Gasteiger partial charge is 0.353 e. The molecule has 3 rings (SSSR count). The van der Waals surface area contributed by atoms with Gasteiger partial charge < -0.3 is 9.88 Å². The Hall–Kier alpha value is -1.29. The zero-order valence-corrected chi connectivity index (χ0v) is 13.4. The number of hydrogen-bond acceptors (Lipinski definition) is 2. The first kappa shape index (κ1) is 14.6. The molecule has 2 aliphatic rings. The number of nitrogens with one attached hydrogen (secondary N) is 1. The lowest BCUT2D eigenvalue weighted by Gasteiger charge is -2.39. The molecule has 1 amide bonds. The average molecular weight is 289 g/mol. The highest BCUT2D eigenvalue weighted by Crippen LogP contribution is 2.35. The summed E-state index contributed by atoms with van der Waals surface area (Å²) in [5.74, 6) is 0.206. The number of carbonyl (C=O) groups is 1. The van der Waals surface area contributed by atoms with Crippen LogP contribution in [0.2, 0.25) is 0 Å². The summed E-state index contributed by atoms with van der Waals surface area (Å²) < 4.78 is 2.24. The zero-order valence-electron chi connectivity index (χ0n) is 13.4. The molecule has 0 bridgehead atoms. The van der Waals surface area contributed by atoms with Crippen molar-refractivity contribution < 1.29 is 4.79 Å². The smallest absolute Gasteiger partial charge is 0.220 e. The van der Waals surface area contributed by atoms with Crippen LogP contribution < -0.4 is 5.32 Å². The Morgan fingerprint density at radius 2 is 2.19 bits per heavy atom. The van der Waals surface area contributed by atoms with Crippen LogP contribution in [-0.4, -0.2) is 34.5 Å². The van der Waals surface area contributed by atoms with Crippen molar-refractivity contribution in [3.63, 3.8) is 0 Å². The van der Waals surface area contributed by atoms with Crippen LogP contribution in [0.1, 0.15) is 51.3 Å². The van der Waals surface area contributed by atoms with Crippen LogP contribution in [0.5, 0.6) is 0 Å². The van der Waals surface area contributed by atoms with Gasteiger partial charge in [-0.3, -0.25) is 9.69 Å². The first-order chi connectivity index (χ1) is 9.97. The molecular weight excluding hydrogens is 262 g/mol. The van der Waals surface area contributed by atoms with Crippen molar-refractivity contribution in [2.45, 2.75) is 51.6 Å². The molecule has 0 aromatic carbocycles. The van der Waals surface area contributed by atoms with E-state index < -0.39 is 0 Å². The number of hydrogen-bond donors (Lipinski definition) is 1. The number of amides is 1. The molecule has 1 N–H and O–H groups in total. The number of likely N-dealkylation sites (tertiary alicyclic amines) is 1. The summed E-state index contributed by atoms with van der Waals surface area (Å²) >= 11 is 0. The van der Waals surface area contributed by atoms with E-state index in [1.54, 1.807) is 0 Å². The van der Waals surface area contributed by atoms with Crippen LogP contribution >= 0.6 is 0 Å². The summed E-state index contributed by atoms with van der Waals surface area (Å²) in [6.07, 6.45) is 6.57. The van der Waals surface area contributed by atoms with E-state index in [0.29, 0.717) is 12.5 Å². The van der Waals surface area contributed by atoms with Crippen LogP contribution in [0.15, 0.2) is 18.3 Å². The van der Waals surface area contributed by atoms with E-state index in [9.17, 15) is 4.79 Å². The minimum atomic E-state index is 0.0628. The van der Waals surface area contributed by atoms with Gasteiger partial charge in [0, 0.05) is 37.9 Å². The molecule has 21 heavy (non-hydrogen) atoms. The Balaban J connectivity index is 1.76. The van der Waals surface area contributed by atoms with Crippen molar-refractivity contribution in [1.29, 1.82) is 0 Å². The molecular formula is C17H27N3O. The van der Waals surface area contributed by atoms with Crippen molar-refractivity contribution in [2.24, 2.45) is 12.5 Å². The minimum absolute atomic E-state index is 0.0628. The van der Waals surface area contributed by atoms with Gasteiger partial charge in [0.25, 0.3) is 0 Å². The normalized spacial score (nSPS) is 29.6. The highest BCUT2D eigenvalue weighted by Gasteiger charge is 2.41. The molecule has 1 aromatic rings. The fraction of sp³-hybridized carbons (Fsp3) is 0.706. The molecule has 116 valence electrons. The molecule has 4 heteroatoms. The quantitative estimate of drug-likeness (QED) is 0.928. The van der Waals surface area contributed by atoms with Gasteiger partial charge in [0.1, 0.15) is 0 Å². The summed E-state index contributed by atoms with van der Waals surface area (Å²) in [6.45, 7) is 6.51. The van der Waals surface area contributed by atoms with E-state index in [1.165, 1.54) is 25.0 Å². The third kappa shape index (κ3) is 2.86. The summed E-state index contributed by atoms with van der Waals surface area (Å²) in [5, 5.41) is 3.18. The third-order valence-corrected chi connectivity index (χ3v) is 5.25. The van der Waals surface area contributed by atoms with Gasteiger partial charge in [-0.05, 0) is 36.9 Å². The first-order valence-electron chi connectivity index (χ1n) is 8.12. The summed E-state index contributed by atoms with van der Waals surface area (Å²) in [4.78, 5) is 14.3. The Morgan fingerprint density at radius 1 is 1.38 bits per heavy atom. The zero-order chi connectivity index (χ0) is 15.0. The van der Waals surface area contributed by atoms with Gasteiger partial charge in [-0.25, -0.2) is 0 Å². The number of piperidine rings is 1. The van der Waals surface area contributed by atoms with Gasteiger partial charge in [0.2, 0.25) is 5.91 Å². The van der Waals surface area contributed by atoms with Crippen molar-refractivity contribution in [1.82, 2.24) is 14.8 Å². The second kappa shape index (κ2) is 5.48. The van der Waals surface area contributed by atoms with E-state index in [2.05, 4.69) is 54.0 Å². The maximum atomic E-state index is 11.7. The van der Waals surface area contributed by atoms with Crippen molar-refractivity contribution in [2.75, 3.05) is 13.1 Å². The van der Waals surface area contributed by atoms with E-state index in [1.807, 2.05) is 0 Å². The molecule has 1 aromatic heterocycles. The molecule has 0 aliphatic carbocycles.